The van der Waals surface area contributed by atoms with Gasteiger partial charge in [0.1, 0.15) is 5.69 Å². The molecule has 1 amide bonds. The van der Waals surface area contributed by atoms with Gasteiger partial charge in [-0.05, 0) is 24.3 Å². The van der Waals surface area contributed by atoms with Gasteiger partial charge in [-0.3, -0.25) is 19.9 Å². The summed E-state index contributed by atoms with van der Waals surface area (Å²) in [6, 6.07) is 13.1. The molecule has 0 saturated carbocycles. The van der Waals surface area contributed by atoms with Gasteiger partial charge in [-0.15, -0.1) is 0 Å². The normalized spacial score (nSPS) is 10.8. The molecule has 0 aliphatic carbocycles. The molecule has 2 aromatic carbocycles. The van der Waals surface area contributed by atoms with E-state index in [1.54, 1.807) is 18.3 Å². The SMILES string of the molecule is O=C(COC(=O)/C=C/c1cccc2cccnc12)Nc1ccc(Cl)cc1[N+](=O)[O-]. The van der Waals surface area contributed by atoms with Crippen molar-refractivity contribution in [2.75, 3.05) is 11.9 Å². The molecular formula is C20H14ClN3O5. The first-order valence-corrected chi connectivity index (χ1v) is 8.74. The second-order valence-corrected chi connectivity index (χ2v) is 6.27. The number of aromatic nitrogens is 1. The van der Waals surface area contributed by atoms with Gasteiger partial charge in [-0.25, -0.2) is 4.79 Å². The Balaban J connectivity index is 1.60. The summed E-state index contributed by atoms with van der Waals surface area (Å²) in [6.07, 6.45) is 4.37. The number of pyridine rings is 1. The van der Waals surface area contributed by atoms with Gasteiger partial charge in [-0.1, -0.05) is 35.9 Å². The summed E-state index contributed by atoms with van der Waals surface area (Å²) < 4.78 is 4.88. The van der Waals surface area contributed by atoms with Crippen molar-refractivity contribution < 1.29 is 19.2 Å². The number of nitrogens with zero attached hydrogens (tertiary/aromatic N) is 2. The number of carbonyl (C=O) groups is 2. The first kappa shape index (κ1) is 20.0. The van der Waals surface area contributed by atoms with Crippen LogP contribution < -0.4 is 5.32 Å². The molecule has 146 valence electrons. The Kier molecular flexibility index (Phi) is 6.16. The number of halogens is 1. The molecule has 29 heavy (non-hydrogen) atoms. The average Bonchev–Trinajstić information content (AvgIpc) is 2.71. The van der Waals surface area contributed by atoms with Crippen LogP contribution in [0.15, 0.2) is 60.8 Å². The van der Waals surface area contributed by atoms with E-state index in [9.17, 15) is 19.7 Å². The minimum Gasteiger partial charge on any atom is -0.452 e. The number of ether oxygens (including phenoxy) is 1. The quantitative estimate of drug-likeness (QED) is 0.284. The van der Waals surface area contributed by atoms with Crippen LogP contribution >= 0.6 is 11.6 Å². The number of anilines is 1. The second-order valence-electron chi connectivity index (χ2n) is 5.83. The Bertz CT molecular complexity index is 1120. The van der Waals surface area contributed by atoms with E-state index in [-0.39, 0.29) is 16.4 Å². The van der Waals surface area contributed by atoms with Crippen molar-refractivity contribution in [2.45, 2.75) is 0 Å². The zero-order valence-electron chi connectivity index (χ0n) is 14.9. The molecule has 0 fully saturated rings. The van der Waals surface area contributed by atoms with Gasteiger partial charge < -0.3 is 10.1 Å². The summed E-state index contributed by atoms with van der Waals surface area (Å²) in [6.45, 7) is -0.600. The summed E-state index contributed by atoms with van der Waals surface area (Å²) in [5.41, 5.74) is 1.05. The van der Waals surface area contributed by atoms with Crippen molar-refractivity contribution in [1.29, 1.82) is 0 Å². The fourth-order valence-electron chi connectivity index (χ4n) is 2.55. The maximum absolute atomic E-state index is 11.9. The van der Waals surface area contributed by atoms with Crippen molar-refractivity contribution in [3.05, 3.63) is 81.5 Å². The molecule has 0 atom stereocenters. The maximum atomic E-state index is 11.9. The van der Waals surface area contributed by atoms with E-state index in [0.29, 0.717) is 0 Å². The van der Waals surface area contributed by atoms with E-state index in [2.05, 4.69) is 10.3 Å². The number of amides is 1. The molecule has 8 nitrogen and oxygen atoms in total. The fraction of sp³-hybridized carbons (Fsp3) is 0.0500. The highest BCUT2D eigenvalue weighted by molar-refractivity contribution is 6.31. The van der Waals surface area contributed by atoms with E-state index >= 15 is 0 Å². The van der Waals surface area contributed by atoms with Crippen molar-refractivity contribution in [3.8, 4) is 0 Å². The van der Waals surface area contributed by atoms with E-state index in [1.165, 1.54) is 18.2 Å². The van der Waals surface area contributed by atoms with Gasteiger partial charge in [-0.2, -0.15) is 0 Å². The van der Waals surface area contributed by atoms with Crippen LogP contribution in [-0.4, -0.2) is 28.4 Å². The van der Waals surface area contributed by atoms with Crippen LogP contribution in [0.1, 0.15) is 5.56 Å². The summed E-state index contributed by atoms with van der Waals surface area (Å²) in [7, 11) is 0. The lowest BCUT2D eigenvalue weighted by molar-refractivity contribution is -0.383. The fourth-order valence-corrected chi connectivity index (χ4v) is 2.72. The van der Waals surface area contributed by atoms with Crippen LogP contribution in [0.2, 0.25) is 5.02 Å². The topological polar surface area (TPSA) is 111 Å². The Morgan fingerprint density at radius 2 is 2.00 bits per heavy atom. The van der Waals surface area contributed by atoms with Gasteiger partial charge in [0, 0.05) is 34.3 Å². The van der Waals surface area contributed by atoms with Crippen molar-refractivity contribution in [2.24, 2.45) is 0 Å². The predicted octanol–water partition coefficient (Wildman–Crippen LogP) is 3.99. The third kappa shape index (κ3) is 5.14. The molecule has 0 unspecified atom stereocenters. The molecule has 1 heterocycles. The molecule has 0 saturated heterocycles. The Morgan fingerprint density at radius 3 is 2.79 bits per heavy atom. The van der Waals surface area contributed by atoms with Crippen LogP contribution in [0.4, 0.5) is 11.4 Å². The summed E-state index contributed by atoms with van der Waals surface area (Å²) in [4.78, 5) is 38.5. The number of carbonyl (C=O) groups excluding carboxylic acids is 2. The van der Waals surface area contributed by atoms with E-state index in [0.717, 1.165) is 22.5 Å². The summed E-state index contributed by atoms with van der Waals surface area (Å²) >= 11 is 5.72. The minimum atomic E-state index is -0.737. The van der Waals surface area contributed by atoms with Gasteiger partial charge in [0.15, 0.2) is 6.61 Å². The number of rotatable bonds is 6. The van der Waals surface area contributed by atoms with E-state index in [1.807, 2.05) is 24.3 Å². The highest BCUT2D eigenvalue weighted by atomic mass is 35.5. The second kappa shape index (κ2) is 8.94. The molecule has 3 rings (SSSR count). The smallest absolute Gasteiger partial charge is 0.331 e. The summed E-state index contributed by atoms with van der Waals surface area (Å²) in [5.74, 6) is -1.46. The minimum absolute atomic E-state index is 0.0437. The Morgan fingerprint density at radius 1 is 1.21 bits per heavy atom. The average molecular weight is 412 g/mol. The number of nitro benzene ring substituents is 1. The van der Waals surface area contributed by atoms with E-state index in [4.69, 9.17) is 16.3 Å². The Labute approximate surface area is 169 Å². The van der Waals surface area contributed by atoms with Crippen molar-refractivity contribution in [1.82, 2.24) is 4.98 Å². The lowest BCUT2D eigenvalue weighted by Crippen LogP contribution is -2.20. The van der Waals surface area contributed by atoms with Crippen LogP contribution in [0, 0.1) is 10.1 Å². The number of esters is 1. The largest absolute Gasteiger partial charge is 0.452 e. The van der Waals surface area contributed by atoms with Crippen LogP contribution in [0.3, 0.4) is 0 Å². The summed E-state index contributed by atoms with van der Waals surface area (Å²) in [5, 5.41) is 14.4. The standard InChI is InChI=1S/C20H14ClN3O5/c21-15-7-8-16(17(11-15)24(27)28)23-18(25)12-29-19(26)9-6-14-4-1-3-13-5-2-10-22-20(13)14/h1-11H,12H2,(H,23,25)/b9-6+. The number of para-hydroxylation sites is 1. The van der Waals surface area contributed by atoms with Gasteiger partial charge in [0.2, 0.25) is 0 Å². The van der Waals surface area contributed by atoms with Crippen molar-refractivity contribution >= 4 is 51.8 Å². The molecule has 1 N–H and O–H groups in total. The van der Waals surface area contributed by atoms with Gasteiger partial charge in [0.25, 0.3) is 11.6 Å². The number of nitro groups is 1. The zero-order chi connectivity index (χ0) is 20.8. The van der Waals surface area contributed by atoms with E-state index < -0.39 is 23.4 Å². The predicted molar refractivity (Wildman–Crippen MR) is 108 cm³/mol. The number of hydrogen-bond acceptors (Lipinski definition) is 6. The van der Waals surface area contributed by atoms with Crippen LogP contribution in [-0.2, 0) is 14.3 Å². The molecule has 1 aromatic heterocycles. The highest BCUT2D eigenvalue weighted by Crippen LogP contribution is 2.27. The molecular weight excluding hydrogens is 398 g/mol. The monoisotopic (exact) mass is 411 g/mol. The molecule has 3 aromatic rings. The molecule has 0 spiro atoms. The number of fused-ring (bicyclic) bond motifs is 1. The first-order valence-electron chi connectivity index (χ1n) is 8.36. The molecule has 0 bridgehead atoms. The van der Waals surface area contributed by atoms with Crippen LogP contribution in [0.5, 0.6) is 0 Å². The molecule has 0 radical (unpaired) electrons. The van der Waals surface area contributed by atoms with Crippen molar-refractivity contribution in [3.63, 3.8) is 0 Å². The maximum Gasteiger partial charge on any atom is 0.331 e. The number of hydrogen-bond donors (Lipinski definition) is 1. The first-order chi connectivity index (χ1) is 13.9. The third-order valence-electron chi connectivity index (χ3n) is 3.84. The Hall–Kier alpha value is -3.78. The zero-order valence-corrected chi connectivity index (χ0v) is 15.6. The lowest BCUT2D eigenvalue weighted by atomic mass is 10.1. The highest BCUT2D eigenvalue weighted by Gasteiger charge is 2.17. The number of benzene rings is 2. The number of nitrogens with one attached hydrogen (secondary N) is 1. The molecule has 0 aliphatic heterocycles. The van der Waals surface area contributed by atoms with Gasteiger partial charge in [0.05, 0.1) is 10.4 Å². The lowest BCUT2D eigenvalue weighted by Gasteiger charge is -2.06. The third-order valence-corrected chi connectivity index (χ3v) is 4.07. The molecule has 0 aliphatic rings. The van der Waals surface area contributed by atoms with Crippen LogP contribution in [0.25, 0.3) is 17.0 Å². The molecule has 9 heteroatoms. The van der Waals surface area contributed by atoms with Gasteiger partial charge >= 0.3 is 5.97 Å².